The van der Waals surface area contributed by atoms with Gasteiger partial charge in [-0.25, -0.2) is 4.98 Å². The minimum Gasteiger partial charge on any atom is -0.495 e. The molecule has 0 aliphatic carbocycles. The van der Waals surface area contributed by atoms with Crippen molar-refractivity contribution in [3.8, 4) is 5.75 Å². The van der Waals surface area contributed by atoms with Gasteiger partial charge in [0, 0.05) is 24.0 Å². The van der Waals surface area contributed by atoms with Crippen LogP contribution in [0.25, 0.3) is 0 Å². The zero-order chi connectivity index (χ0) is 15.9. The number of ether oxygens (including phenoxy) is 1. The van der Waals surface area contributed by atoms with Crippen LogP contribution in [-0.4, -0.2) is 24.6 Å². The maximum absolute atomic E-state index is 6.06. The predicted octanol–water partition coefficient (Wildman–Crippen LogP) is 3.95. The summed E-state index contributed by atoms with van der Waals surface area (Å²) in [7, 11) is 1.58. The molecule has 1 heterocycles. The van der Waals surface area contributed by atoms with Crippen LogP contribution in [-0.2, 0) is 12.8 Å². The Labute approximate surface area is 162 Å². The van der Waals surface area contributed by atoms with Crippen molar-refractivity contribution in [2.24, 2.45) is 10.7 Å². The van der Waals surface area contributed by atoms with E-state index in [4.69, 9.17) is 22.1 Å². The van der Waals surface area contributed by atoms with Crippen molar-refractivity contribution in [2.75, 3.05) is 19.0 Å². The van der Waals surface area contributed by atoms with Crippen molar-refractivity contribution in [1.29, 1.82) is 0 Å². The number of anilines is 1. The number of aryl methyl sites for hydroxylation is 1. The van der Waals surface area contributed by atoms with Crippen molar-refractivity contribution < 1.29 is 4.74 Å². The first kappa shape index (κ1) is 20.0. The topological polar surface area (TPSA) is 72.5 Å². The highest BCUT2D eigenvalue weighted by molar-refractivity contribution is 14.0. The van der Waals surface area contributed by atoms with Gasteiger partial charge in [0.25, 0.3) is 0 Å². The van der Waals surface area contributed by atoms with Gasteiger partial charge in [0.05, 0.1) is 22.8 Å². The highest BCUT2D eigenvalue weighted by Gasteiger charge is 2.03. The van der Waals surface area contributed by atoms with Crippen LogP contribution in [0, 0.1) is 0 Å². The second kappa shape index (κ2) is 9.94. The summed E-state index contributed by atoms with van der Waals surface area (Å²) >= 11 is 7.74. The molecule has 0 aliphatic heterocycles. The molecule has 0 bridgehead atoms. The Balaban J connectivity index is 0.00000264. The smallest absolute Gasteiger partial charge is 0.193 e. The number of hydrogen-bond acceptors (Lipinski definition) is 4. The van der Waals surface area contributed by atoms with Crippen LogP contribution in [0.3, 0.4) is 0 Å². The van der Waals surface area contributed by atoms with Crippen LogP contribution < -0.4 is 15.8 Å². The number of thiazole rings is 1. The Hall–Kier alpha value is -1.06. The number of halogens is 2. The Bertz CT molecular complexity index is 663. The molecule has 23 heavy (non-hydrogen) atoms. The average molecular weight is 467 g/mol. The lowest BCUT2D eigenvalue weighted by molar-refractivity contribution is 0.415. The van der Waals surface area contributed by atoms with Gasteiger partial charge in [-0.2, -0.15) is 0 Å². The lowest BCUT2D eigenvalue weighted by Gasteiger charge is -2.08. The molecule has 3 N–H and O–H groups in total. The van der Waals surface area contributed by atoms with Gasteiger partial charge >= 0.3 is 0 Å². The number of benzene rings is 1. The molecule has 0 saturated carbocycles. The molecule has 2 aromatic rings. The van der Waals surface area contributed by atoms with Crippen molar-refractivity contribution >= 4 is 58.6 Å². The van der Waals surface area contributed by atoms with E-state index >= 15 is 0 Å². The summed E-state index contributed by atoms with van der Waals surface area (Å²) in [5.41, 5.74) is 7.70. The normalized spacial score (nSPS) is 11.0. The highest BCUT2D eigenvalue weighted by atomic mass is 127. The first-order valence-electron chi connectivity index (χ1n) is 6.96. The number of guanidine groups is 1. The van der Waals surface area contributed by atoms with Crippen LogP contribution in [0.4, 0.5) is 5.69 Å². The van der Waals surface area contributed by atoms with Crippen molar-refractivity contribution in [3.05, 3.63) is 39.3 Å². The molecular formula is C15H20ClIN4OS. The largest absolute Gasteiger partial charge is 0.495 e. The summed E-state index contributed by atoms with van der Waals surface area (Å²) < 4.78 is 5.10. The lowest BCUT2D eigenvalue weighted by atomic mass is 10.3. The number of nitrogens with two attached hydrogens (primary N) is 1. The summed E-state index contributed by atoms with van der Waals surface area (Å²) in [6, 6.07) is 5.36. The molecule has 126 valence electrons. The molecule has 0 aliphatic rings. The molecule has 0 spiro atoms. The zero-order valence-electron chi connectivity index (χ0n) is 13.0. The molecule has 8 heteroatoms. The van der Waals surface area contributed by atoms with Gasteiger partial charge in [-0.3, -0.25) is 4.99 Å². The second-order valence-electron chi connectivity index (χ2n) is 4.58. The monoisotopic (exact) mass is 466 g/mol. The first-order chi connectivity index (χ1) is 10.6. The molecule has 1 aromatic carbocycles. The van der Waals surface area contributed by atoms with Gasteiger partial charge < -0.3 is 15.8 Å². The Morgan fingerprint density at radius 3 is 2.87 bits per heavy atom. The molecule has 0 atom stereocenters. The number of hydrogen-bond donors (Lipinski definition) is 2. The van der Waals surface area contributed by atoms with E-state index in [1.165, 1.54) is 0 Å². The molecule has 1 aromatic heterocycles. The fourth-order valence-electron chi connectivity index (χ4n) is 1.85. The summed E-state index contributed by atoms with van der Waals surface area (Å²) in [6.45, 7) is 2.69. The van der Waals surface area contributed by atoms with Crippen LogP contribution >= 0.6 is 46.9 Å². The number of nitrogens with one attached hydrogen (secondary N) is 1. The van der Waals surface area contributed by atoms with Gasteiger partial charge in [-0.15, -0.1) is 35.3 Å². The second-order valence-corrected chi connectivity index (χ2v) is 5.93. The van der Waals surface area contributed by atoms with E-state index in [0.29, 0.717) is 23.3 Å². The molecule has 0 fully saturated rings. The maximum atomic E-state index is 6.06. The molecule has 0 saturated heterocycles. The third-order valence-electron chi connectivity index (χ3n) is 2.98. The van der Waals surface area contributed by atoms with E-state index in [9.17, 15) is 0 Å². The third kappa shape index (κ3) is 6.15. The lowest BCUT2D eigenvalue weighted by Crippen LogP contribution is -2.23. The number of rotatable bonds is 6. The number of nitrogens with zero attached hydrogens (tertiary/aromatic N) is 2. The van der Waals surface area contributed by atoms with E-state index in [0.717, 1.165) is 29.2 Å². The standard InChI is InChI=1S/C15H19ClN4OS.HI/c1-3-14-19-11(9-22-14)6-7-18-15(17)20-10-4-5-13(21-2)12(16)8-10;/h4-5,8-9H,3,6-7H2,1-2H3,(H3,17,18,20);1H. The van der Waals surface area contributed by atoms with Crippen molar-refractivity contribution in [3.63, 3.8) is 0 Å². The Kier molecular flexibility index (Phi) is 8.64. The maximum Gasteiger partial charge on any atom is 0.193 e. The van der Waals surface area contributed by atoms with Crippen LogP contribution in [0.15, 0.2) is 28.6 Å². The van der Waals surface area contributed by atoms with E-state index in [1.54, 1.807) is 30.6 Å². The molecule has 0 unspecified atom stereocenters. The van der Waals surface area contributed by atoms with Gasteiger partial charge in [-0.05, 0) is 24.6 Å². The van der Waals surface area contributed by atoms with Crippen LogP contribution in [0.5, 0.6) is 5.75 Å². The van der Waals surface area contributed by atoms with E-state index < -0.39 is 0 Å². The van der Waals surface area contributed by atoms with Crippen LogP contribution in [0.2, 0.25) is 5.02 Å². The molecular weight excluding hydrogens is 447 g/mol. The third-order valence-corrected chi connectivity index (χ3v) is 4.31. The number of aromatic nitrogens is 1. The minimum atomic E-state index is 0. The first-order valence-corrected chi connectivity index (χ1v) is 8.22. The van der Waals surface area contributed by atoms with Gasteiger partial charge in [0.1, 0.15) is 5.75 Å². The van der Waals surface area contributed by atoms with Crippen molar-refractivity contribution in [2.45, 2.75) is 19.8 Å². The summed E-state index contributed by atoms with van der Waals surface area (Å²) in [6.07, 6.45) is 1.75. The highest BCUT2D eigenvalue weighted by Crippen LogP contribution is 2.27. The number of aliphatic imine (C=N–C) groups is 1. The molecule has 5 nitrogen and oxygen atoms in total. The summed E-state index contributed by atoms with van der Waals surface area (Å²) in [4.78, 5) is 8.79. The van der Waals surface area contributed by atoms with Crippen molar-refractivity contribution in [1.82, 2.24) is 4.98 Å². The predicted molar refractivity (Wildman–Crippen MR) is 109 cm³/mol. The van der Waals surface area contributed by atoms with Gasteiger partial charge in [-0.1, -0.05) is 18.5 Å². The summed E-state index contributed by atoms with van der Waals surface area (Å²) in [5, 5.41) is 6.75. The molecule has 0 radical (unpaired) electrons. The molecule has 2 rings (SSSR count). The quantitative estimate of drug-likeness (QED) is 0.384. The average Bonchev–Trinajstić information content (AvgIpc) is 2.95. The fourth-order valence-corrected chi connectivity index (χ4v) is 2.89. The van der Waals surface area contributed by atoms with Gasteiger partial charge in [0.15, 0.2) is 5.96 Å². The minimum absolute atomic E-state index is 0. The molecule has 0 amide bonds. The van der Waals surface area contributed by atoms with E-state index in [1.807, 2.05) is 6.07 Å². The SMILES string of the molecule is CCc1nc(CCN=C(N)Nc2ccc(OC)c(Cl)c2)cs1.I. The van der Waals surface area contributed by atoms with E-state index in [-0.39, 0.29) is 24.0 Å². The Morgan fingerprint density at radius 2 is 2.26 bits per heavy atom. The Morgan fingerprint density at radius 1 is 1.48 bits per heavy atom. The zero-order valence-corrected chi connectivity index (χ0v) is 16.9. The van der Waals surface area contributed by atoms with E-state index in [2.05, 4.69) is 27.6 Å². The number of methoxy groups -OCH3 is 1. The summed E-state index contributed by atoms with van der Waals surface area (Å²) in [5.74, 6) is 0.977. The van der Waals surface area contributed by atoms with Crippen LogP contribution in [0.1, 0.15) is 17.6 Å². The van der Waals surface area contributed by atoms with Gasteiger partial charge in [0.2, 0.25) is 0 Å². The fraction of sp³-hybridized carbons (Fsp3) is 0.333.